The molecule has 32 heavy (non-hydrogen) atoms. The van der Waals surface area contributed by atoms with Crippen molar-refractivity contribution in [2.24, 2.45) is 5.73 Å². The first-order chi connectivity index (χ1) is 14.3. The first kappa shape index (κ1) is 34.4. The predicted octanol–water partition coefficient (Wildman–Crippen LogP) is 4.97. The third kappa shape index (κ3) is 10.2. The van der Waals surface area contributed by atoms with Crippen molar-refractivity contribution in [1.82, 2.24) is 0 Å². The van der Waals surface area contributed by atoms with Gasteiger partial charge < -0.3 is 15.2 Å². The Balaban J connectivity index is 0. The third-order valence-corrected chi connectivity index (χ3v) is 6.34. The van der Waals surface area contributed by atoms with E-state index < -0.39 is 5.60 Å². The van der Waals surface area contributed by atoms with Gasteiger partial charge in [-0.2, -0.15) is 11.3 Å². The van der Waals surface area contributed by atoms with Crippen LogP contribution in [0.15, 0.2) is 18.2 Å². The number of nitrogens with two attached hydrogens (primary N) is 1. The van der Waals surface area contributed by atoms with Gasteiger partial charge in [0.15, 0.2) is 0 Å². The molecular weight excluding hydrogens is 451 g/mol. The topological polar surface area (TPSA) is 46.2 Å². The van der Waals surface area contributed by atoms with Crippen LogP contribution < -0.4 is 57.1 Å². The quantitative estimate of drug-likeness (QED) is 0.441. The molecule has 0 saturated heterocycles. The standard InChI is InChI=1S/C15H23F.C9H13FNOS.C2H6.K/c1-6-13-14(10(2)3)7-12(9-16)8-15(13)11(4)5;1-5(11)8-6(10)4-7(13-8)9(2,3)12;1-2;/h7-8,10-11H,6,9H2,1-5H3;4,12H,11H2,1-3H3;1-2H3;/q;-1;;+1. The van der Waals surface area contributed by atoms with E-state index in [2.05, 4.69) is 34.6 Å². The average Bonchev–Trinajstić information content (AvgIpc) is 3.11. The summed E-state index contributed by atoms with van der Waals surface area (Å²) in [4.78, 5) is 1.00. The molecule has 3 N–H and O–H groups in total. The number of rotatable bonds is 6. The van der Waals surface area contributed by atoms with Gasteiger partial charge in [0.2, 0.25) is 0 Å². The third-order valence-electron chi connectivity index (χ3n) is 4.78. The Morgan fingerprint density at radius 2 is 1.50 bits per heavy atom. The minimum Gasteiger partial charge on any atom is -0.385 e. The Labute approximate surface area is 241 Å². The fraction of sp³-hybridized carbons (Fsp3) is 0.577. The SMILES string of the molecule is CC.CCc1c(C(C)C)cc(CF)cc1C(C)C.C[C-](N)c1sc(C(C)(C)O)cc1F.[K+]. The van der Waals surface area contributed by atoms with Gasteiger partial charge in [0, 0.05) is 4.88 Å². The maximum absolute atomic E-state index is 13.2. The number of aliphatic hydroxyl groups is 1. The summed E-state index contributed by atoms with van der Waals surface area (Å²) in [6.45, 7) is 19.4. The van der Waals surface area contributed by atoms with E-state index in [0.29, 0.717) is 27.6 Å². The van der Waals surface area contributed by atoms with Crippen molar-refractivity contribution in [3.05, 3.63) is 62.1 Å². The number of benzene rings is 1. The zero-order chi connectivity index (χ0) is 24.5. The van der Waals surface area contributed by atoms with Crippen LogP contribution in [0.4, 0.5) is 8.78 Å². The second kappa shape index (κ2) is 16.0. The van der Waals surface area contributed by atoms with Crippen LogP contribution in [0.2, 0.25) is 0 Å². The van der Waals surface area contributed by atoms with E-state index in [1.54, 1.807) is 20.8 Å². The van der Waals surface area contributed by atoms with Crippen LogP contribution in [-0.4, -0.2) is 5.11 Å². The summed E-state index contributed by atoms with van der Waals surface area (Å²) in [5.41, 5.74) is 9.36. The molecule has 0 bridgehead atoms. The molecule has 6 heteroatoms. The molecule has 0 aliphatic rings. The van der Waals surface area contributed by atoms with Crippen LogP contribution in [0.5, 0.6) is 0 Å². The molecule has 1 heterocycles. The average molecular weight is 494 g/mol. The monoisotopic (exact) mass is 493 g/mol. The maximum Gasteiger partial charge on any atom is 1.00 e. The van der Waals surface area contributed by atoms with Crippen LogP contribution in [0.3, 0.4) is 0 Å². The van der Waals surface area contributed by atoms with Gasteiger partial charge in [-0.05, 0) is 60.2 Å². The van der Waals surface area contributed by atoms with Crippen molar-refractivity contribution in [3.63, 3.8) is 0 Å². The predicted molar refractivity (Wildman–Crippen MR) is 132 cm³/mol. The van der Waals surface area contributed by atoms with Gasteiger partial charge in [-0.15, -0.1) is 6.04 Å². The Kier molecular flexibility index (Phi) is 17.2. The summed E-state index contributed by atoms with van der Waals surface area (Å²) < 4.78 is 26.0. The molecule has 0 aliphatic carbocycles. The fourth-order valence-electron chi connectivity index (χ4n) is 3.24. The van der Waals surface area contributed by atoms with Gasteiger partial charge in [-0.25, -0.2) is 4.39 Å². The molecule has 1 aromatic carbocycles. The molecule has 0 unspecified atom stereocenters. The fourth-order valence-corrected chi connectivity index (χ4v) is 4.19. The van der Waals surface area contributed by atoms with Crippen LogP contribution in [0.25, 0.3) is 0 Å². The normalized spacial score (nSPS) is 10.8. The summed E-state index contributed by atoms with van der Waals surface area (Å²) in [5, 5.41) is 9.60. The number of halogens is 2. The zero-order valence-corrected chi connectivity index (χ0v) is 25.9. The van der Waals surface area contributed by atoms with E-state index in [1.807, 2.05) is 26.0 Å². The molecule has 0 fully saturated rings. The molecule has 2 nitrogen and oxygen atoms in total. The maximum atomic E-state index is 13.2. The first-order valence-electron chi connectivity index (χ1n) is 11.2. The van der Waals surface area contributed by atoms with Gasteiger partial charge in [0.05, 0.1) is 5.60 Å². The summed E-state index contributed by atoms with van der Waals surface area (Å²) in [7, 11) is 0. The van der Waals surface area contributed by atoms with Crippen molar-refractivity contribution >= 4 is 11.3 Å². The van der Waals surface area contributed by atoms with Crippen LogP contribution in [0.1, 0.15) is 113 Å². The van der Waals surface area contributed by atoms with E-state index in [0.717, 1.165) is 12.0 Å². The first-order valence-corrected chi connectivity index (χ1v) is 12.0. The number of thiophene rings is 1. The Morgan fingerprint density at radius 3 is 1.72 bits per heavy atom. The van der Waals surface area contributed by atoms with E-state index in [4.69, 9.17) is 5.73 Å². The zero-order valence-electron chi connectivity index (χ0n) is 22.0. The van der Waals surface area contributed by atoms with Gasteiger partial charge in [0.1, 0.15) is 6.67 Å². The summed E-state index contributed by atoms with van der Waals surface area (Å²) >= 11 is 1.19. The van der Waals surface area contributed by atoms with Crippen molar-refractivity contribution in [2.75, 3.05) is 0 Å². The van der Waals surface area contributed by atoms with Crippen molar-refractivity contribution < 1.29 is 65.3 Å². The molecule has 0 amide bonds. The molecule has 2 aromatic rings. The van der Waals surface area contributed by atoms with Gasteiger partial charge in [0.25, 0.3) is 0 Å². The second-order valence-electron chi connectivity index (χ2n) is 8.58. The van der Waals surface area contributed by atoms with E-state index in [1.165, 1.54) is 34.1 Å². The smallest absolute Gasteiger partial charge is 0.385 e. The largest absolute Gasteiger partial charge is 1.00 e. The second-order valence-corrected chi connectivity index (χ2v) is 9.63. The summed E-state index contributed by atoms with van der Waals surface area (Å²) in [5.74, 6) is 0.583. The van der Waals surface area contributed by atoms with Crippen molar-refractivity contribution in [2.45, 2.75) is 99.8 Å². The molecule has 1 aromatic heterocycles. The Bertz CT molecular complexity index is 767. The molecule has 0 atom stereocenters. The molecule has 0 radical (unpaired) electrons. The molecule has 178 valence electrons. The summed E-state index contributed by atoms with van der Waals surface area (Å²) in [6, 6.07) is 5.85. The molecule has 0 spiro atoms. The Hall–Kier alpha value is 0.206. The minimum absolute atomic E-state index is 0. The number of hydrogen-bond acceptors (Lipinski definition) is 3. The van der Waals surface area contributed by atoms with Gasteiger partial charge >= 0.3 is 51.4 Å². The van der Waals surface area contributed by atoms with Gasteiger partial charge in [-0.3, -0.25) is 0 Å². The summed E-state index contributed by atoms with van der Waals surface area (Å²) in [6.07, 6.45) is 1.04. The molecular formula is C26H42F2KNOS. The van der Waals surface area contributed by atoms with Crippen LogP contribution in [-0.2, 0) is 18.7 Å². The Morgan fingerprint density at radius 1 is 1.06 bits per heavy atom. The van der Waals surface area contributed by atoms with E-state index in [-0.39, 0.29) is 63.9 Å². The van der Waals surface area contributed by atoms with Crippen molar-refractivity contribution in [3.8, 4) is 0 Å². The van der Waals surface area contributed by atoms with Crippen LogP contribution >= 0.6 is 11.3 Å². The van der Waals surface area contributed by atoms with Crippen LogP contribution in [0, 0.1) is 11.9 Å². The van der Waals surface area contributed by atoms with Gasteiger partial charge in [-0.1, -0.05) is 78.5 Å². The van der Waals surface area contributed by atoms with E-state index in [9.17, 15) is 13.9 Å². The molecule has 0 saturated carbocycles. The van der Waals surface area contributed by atoms with Crippen molar-refractivity contribution in [1.29, 1.82) is 0 Å². The van der Waals surface area contributed by atoms with E-state index >= 15 is 0 Å². The molecule has 0 aliphatic heterocycles. The minimum atomic E-state index is -1.00. The number of alkyl halides is 1. The number of hydrogen-bond donors (Lipinski definition) is 2. The molecule has 2 rings (SSSR count).